The number of benzene rings is 1. The van der Waals surface area contributed by atoms with Gasteiger partial charge in [0.25, 0.3) is 0 Å². The van der Waals surface area contributed by atoms with Crippen molar-refractivity contribution in [1.29, 1.82) is 0 Å². The van der Waals surface area contributed by atoms with Crippen molar-refractivity contribution in [3.63, 3.8) is 0 Å². The van der Waals surface area contributed by atoms with Crippen molar-refractivity contribution in [3.8, 4) is 0 Å². The fourth-order valence-electron chi connectivity index (χ4n) is 1.68. The maximum Gasteiger partial charge on any atom is 0.0517 e. The molecule has 0 saturated heterocycles. The van der Waals surface area contributed by atoms with E-state index in [-0.39, 0.29) is 6.04 Å². The summed E-state index contributed by atoms with van der Waals surface area (Å²) >= 11 is 0. The summed E-state index contributed by atoms with van der Waals surface area (Å²) in [4.78, 5) is 0. The van der Waals surface area contributed by atoms with E-state index < -0.39 is 0 Å². The molecule has 0 aliphatic heterocycles. The van der Waals surface area contributed by atoms with Crippen molar-refractivity contribution in [3.05, 3.63) is 40.5 Å². The van der Waals surface area contributed by atoms with Crippen LogP contribution in [0.25, 0.3) is 6.08 Å². The van der Waals surface area contributed by atoms with Crippen molar-refractivity contribution in [1.82, 2.24) is 0 Å². The van der Waals surface area contributed by atoms with Gasteiger partial charge in [0, 0.05) is 0 Å². The minimum atomic E-state index is 0.125. The van der Waals surface area contributed by atoms with Gasteiger partial charge < -0.3 is 5.73 Å². The van der Waals surface area contributed by atoms with Crippen LogP contribution in [0.1, 0.15) is 29.7 Å². The Kier molecular flexibility index (Phi) is 1.55. The van der Waals surface area contributed by atoms with E-state index in [1.165, 1.54) is 22.3 Å². The van der Waals surface area contributed by atoms with Crippen molar-refractivity contribution < 1.29 is 0 Å². The van der Waals surface area contributed by atoms with Crippen LogP contribution in [0.4, 0.5) is 0 Å². The molecule has 0 unspecified atom stereocenters. The fourth-order valence-corrected chi connectivity index (χ4v) is 1.68. The molecule has 1 heteroatoms. The molecular formula is C11H13N. The molecule has 0 aromatic heterocycles. The molecule has 1 aliphatic rings. The molecule has 62 valence electrons. The van der Waals surface area contributed by atoms with E-state index in [1.807, 2.05) is 0 Å². The van der Waals surface area contributed by atoms with E-state index in [4.69, 9.17) is 5.73 Å². The summed E-state index contributed by atoms with van der Waals surface area (Å²) in [5, 5.41) is 0. The van der Waals surface area contributed by atoms with Crippen LogP contribution < -0.4 is 5.73 Å². The number of hydrogen-bond donors (Lipinski definition) is 1. The molecule has 0 bridgehead atoms. The maximum absolute atomic E-state index is 5.99. The molecule has 0 fully saturated rings. The summed E-state index contributed by atoms with van der Waals surface area (Å²) in [6, 6.07) is 6.56. The van der Waals surface area contributed by atoms with Crippen LogP contribution >= 0.6 is 0 Å². The second-order valence-electron chi connectivity index (χ2n) is 3.50. The summed E-state index contributed by atoms with van der Waals surface area (Å²) in [6.07, 6.45) is 2.17. The smallest absolute Gasteiger partial charge is 0.0517 e. The van der Waals surface area contributed by atoms with Crippen molar-refractivity contribution in [2.75, 3.05) is 0 Å². The summed E-state index contributed by atoms with van der Waals surface area (Å²) < 4.78 is 0. The molecule has 2 N–H and O–H groups in total. The molecule has 1 aliphatic carbocycles. The summed E-state index contributed by atoms with van der Waals surface area (Å²) in [5.41, 5.74) is 11.1. The zero-order valence-electron chi connectivity index (χ0n) is 7.46. The highest BCUT2D eigenvalue weighted by atomic mass is 14.6. The van der Waals surface area contributed by atoms with Gasteiger partial charge in [0.2, 0.25) is 0 Å². The normalized spacial score (nSPS) is 20.6. The second kappa shape index (κ2) is 2.46. The molecule has 1 aromatic carbocycles. The van der Waals surface area contributed by atoms with Crippen LogP contribution in [-0.2, 0) is 0 Å². The number of hydrogen-bond acceptors (Lipinski definition) is 1. The average Bonchev–Trinajstić information content (AvgIpc) is 2.31. The Hall–Kier alpha value is -1.08. The minimum absolute atomic E-state index is 0.125. The third-order valence-electron chi connectivity index (χ3n) is 2.45. The second-order valence-corrected chi connectivity index (χ2v) is 3.50. The molecule has 0 spiro atoms. The largest absolute Gasteiger partial charge is 0.321 e. The van der Waals surface area contributed by atoms with Gasteiger partial charge in [0.05, 0.1) is 6.04 Å². The SMILES string of the molecule is CC1=Cc2ccc(C)cc2[C@H]1N. The molecule has 0 amide bonds. The highest BCUT2D eigenvalue weighted by Gasteiger charge is 2.17. The molecule has 2 rings (SSSR count). The quantitative estimate of drug-likeness (QED) is 0.618. The predicted octanol–water partition coefficient (Wildman–Crippen LogP) is 2.41. The van der Waals surface area contributed by atoms with E-state index in [9.17, 15) is 0 Å². The lowest BCUT2D eigenvalue weighted by atomic mass is 10.0. The lowest BCUT2D eigenvalue weighted by Gasteiger charge is -2.07. The van der Waals surface area contributed by atoms with Gasteiger partial charge in [-0.3, -0.25) is 0 Å². The Morgan fingerprint density at radius 3 is 2.75 bits per heavy atom. The van der Waals surface area contributed by atoms with E-state index in [2.05, 4.69) is 38.1 Å². The first-order valence-corrected chi connectivity index (χ1v) is 4.23. The lowest BCUT2D eigenvalue weighted by Crippen LogP contribution is -2.08. The van der Waals surface area contributed by atoms with Crippen LogP contribution in [0, 0.1) is 6.92 Å². The van der Waals surface area contributed by atoms with Crippen LogP contribution in [0.2, 0.25) is 0 Å². The van der Waals surface area contributed by atoms with E-state index >= 15 is 0 Å². The Balaban J connectivity index is 2.57. The van der Waals surface area contributed by atoms with Crippen LogP contribution in [0.15, 0.2) is 23.8 Å². The third-order valence-corrected chi connectivity index (χ3v) is 2.45. The Labute approximate surface area is 72.9 Å². The molecule has 0 saturated carbocycles. The standard InChI is InChI=1S/C11H13N/c1-7-3-4-9-6-8(2)11(12)10(9)5-7/h3-6,11H,12H2,1-2H3/t11-/m0/s1. The van der Waals surface area contributed by atoms with Gasteiger partial charge >= 0.3 is 0 Å². The van der Waals surface area contributed by atoms with Gasteiger partial charge in [-0.15, -0.1) is 0 Å². The summed E-state index contributed by atoms with van der Waals surface area (Å²) in [7, 11) is 0. The number of aryl methyl sites for hydroxylation is 1. The Morgan fingerprint density at radius 1 is 1.25 bits per heavy atom. The highest BCUT2D eigenvalue weighted by Crippen LogP contribution is 2.32. The predicted molar refractivity (Wildman–Crippen MR) is 51.8 cm³/mol. The zero-order valence-corrected chi connectivity index (χ0v) is 7.46. The van der Waals surface area contributed by atoms with Crippen LogP contribution in [0.5, 0.6) is 0 Å². The maximum atomic E-state index is 5.99. The molecule has 12 heavy (non-hydrogen) atoms. The van der Waals surface area contributed by atoms with E-state index in [0.717, 1.165) is 0 Å². The highest BCUT2D eigenvalue weighted by molar-refractivity contribution is 5.65. The first kappa shape index (κ1) is 7.56. The Morgan fingerprint density at radius 2 is 2.00 bits per heavy atom. The molecule has 1 aromatic rings. The number of nitrogens with two attached hydrogens (primary N) is 1. The first-order chi connectivity index (χ1) is 5.68. The number of fused-ring (bicyclic) bond motifs is 1. The van der Waals surface area contributed by atoms with Crippen molar-refractivity contribution >= 4 is 6.08 Å². The van der Waals surface area contributed by atoms with Crippen molar-refractivity contribution in [2.24, 2.45) is 5.73 Å². The number of rotatable bonds is 0. The van der Waals surface area contributed by atoms with Gasteiger partial charge in [-0.1, -0.05) is 35.4 Å². The summed E-state index contributed by atoms with van der Waals surface area (Å²) in [5.74, 6) is 0. The monoisotopic (exact) mass is 159 g/mol. The topological polar surface area (TPSA) is 26.0 Å². The van der Waals surface area contributed by atoms with Gasteiger partial charge in [-0.25, -0.2) is 0 Å². The Bertz CT molecular complexity index is 350. The first-order valence-electron chi connectivity index (χ1n) is 4.23. The summed E-state index contributed by atoms with van der Waals surface area (Å²) in [6.45, 7) is 4.18. The van der Waals surface area contributed by atoms with Crippen molar-refractivity contribution in [2.45, 2.75) is 19.9 Å². The van der Waals surface area contributed by atoms with Gasteiger partial charge in [0.1, 0.15) is 0 Å². The molecule has 1 atom stereocenters. The zero-order chi connectivity index (χ0) is 8.72. The molecular weight excluding hydrogens is 146 g/mol. The molecule has 1 nitrogen and oxygen atoms in total. The van der Waals surface area contributed by atoms with Gasteiger partial charge in [-0.2, -0.15) is 0 Å². The van der Waals surface area contributed by atoms with Crippen LogP contribution in [0.3, 0.4) is 0 Å². The molecule has 0 radical (unpaired) electrons. The fraction of sp³-hybridized carbons (Fsp3) is 0.273. The van der Waals surface area contributed by atoms with E-state index in [0.29, 0.717) is 0 Å². The van der Waals surface area contributed by atoms with E-state index in [1.54, 1.807) is 0 Å². The van der Waals surface area contributed by atoms with Gasteiger partial charge in [0.15, 0.2) is 0 Å². The minimum Gasteiger partial charge on any atom is -0.321 e. The van der Waals surface area contributed by atoms with Crippen LogP contribution in [-0.4, -0.2) is 0 Å². The average molecular weight is 159 g/mol. The molecule has 0 heterocycles. The van der Waals surface area contributed by atoms with Gasteiger partial charge in [-0.05, 0) is 25.0 Å². The third kappa shape index (κ3) is 0.978. The lowest BCUT2D eigenvalue weighted by molar-refractivity contribution is 0.869.